The number of benzene rings is 1. The highest BCUT2D eigenvalue weighted by Crippen LogP contribution is 2.21. The van der Waals surface area contributed by atoms with Crippen molar-refractivity contribution in [3.63, 3.8) is 0 Å². The van der Waals surface area contributed by atoms with E-state index in [0.717, 1.165) is 23.1 Å². The van der Waals surface area contributed by atoms with Crippen molar-refractivity contribution in [1.82, 2.24) is 14.9 Å². The Morgan fingerprint density at radius 2 is 2.24 bits per heavy atom. The minimum absolute atomic E-state index is 0.292. The summed E-state index contributed by atoms with van der Waals surface area (Å²) in [5.74, 6) is 0. The second-order valence-corrected chi connectivity index (χ2v) is 6.90. The first kappa shape index (κ1) is 14.6. The van der Waals surface area contributed by atoms with Crippen molar-refractivity contribution in [3.05, 3.63) is 51.6 Å². The highest BCUT2D eigenvalue weighted by molar-refractivity contribution is 7.11. The molecule has 3 aromatic rings. The molecule has 1 unspecified atom stereocenters. The first-order valence-electron chi connectivity index (χ1n) is 7.03. The Labute approximate surface area is 133 Å². The molecule has 0 radical (unpaired) electrons. The molecule has 0 aliphatic carbocycles. The SMILES string of the molecule is Cc1cnc(C(C)NCCn2ccc3cc(Cl)ccc32)s1. The van der Waals surface area contributed by atoms with Crippen LogP contribution >= 0.6 is 22.9 Å². The van der Waals surface area contributed by atoms with E-state index >= 15 is 0 Å². The molecule has 110 valence electrons. The number of nitrogens with zero attached hydrogens (tertiary/aromatic N) is 2. The van der Waals surface area contributed by atoms with Crippen LogP contribution in [0.2, 0.25) is 5.02 Å². The minimum atomic E-state index is 0.292. The Kier molecular flexibility index (Phi) is 4.29. The molecule has 2 heterocycles. The zero-order valence-corrected chi connectivity index (χ0v) is 13.7. The molecule has 0 bridgehead atoms. The lowest BCUT2D eigenvalue weighted by Gasteiger charge is -2.12. The first-order valence-corrected chi connectivity index (χ1v) is 8.23. The molecule has 0 aliphatic rings. The van der Waals surface area contributed by atoms with E-state index in [1.165, 1.54) is 15.8 Å². The molecule has 0 spiro atoms. The van der Waals surface area contributed by atoms with Gasteiger partial charge in [-0.05, 0) is 38.1 Å². The molecule has 0 saturated heterocycles. The molecule has 1 aromatic carbocycles. The molecule has 3 rings (SSSR count). The lowest BCUT2D eigenvalue weighted by Crippen LogP contribution is -2.23. The summed E-state index contributed by atoms with van der Waals surface area (Å²) < 4.78 is 2.25. The van der Waals surface area contributed by atoms with Crippen LogP contribution in [0, 0.1) is 6.92 Å². The van der Waals surface area contributed by atoms with Crippen LogP contribution in [-0.2, 0) is 6.54 Å². The second kappa shape index (κ2) is 6.18. The Hall–Kier alpha value is -1.36. The van der Waals surface area contributed by atoms with Crippen molar-refractivity contribution in [1.29, 1.82) is 0 Å². The molecule has 2 aromatic heterocycles. The summed E-state index contributed by atoms with van der Waals surface area (Å²) in [6, 6.07) is 8.41. The summed E-state index contributed by atoms with van der Waals surface area (Å²) in [6.07, 6.45) is 4.04. The third-order valence-electron chi connectivity index (χ3n) is 3.55. The van der Waals surface area contributed by atoms with Gasteiger partial charge in [0.1, 0.15) is 5.01 Å². The van der Waals surface area contributed by atoms with E-state index in [2.05, 4.69) is 47.0 Å². The predicted octanol–water partition coefficient (Wildman–Crippen LogP) is 4.41. The zero-order valence-electron chi connectivity index (χ0n) is 12.1. The van der Waals surface area contributed by atoms with E-state index in [-0.39, 0.29) is 0 Å². The largest absolute Gasteiger partial charge is 0.346 e. The topological polar surface area (TPSA) is 29.9 Å². The fourth-order valence-electron chi connectivity index (χ4n) is 2.43. The third-order valence-corrected chi connectivity index (χ3v) is 4.88. The number of aryl methyl sites for hydroxylation is 1. The maximum atomic E-state index is 6.02. The summed E-state index contributed by atoms with van der Waals surface area (Å²) in [6.45, 7) is 6.09. The molecule has 0 saturated carbocycles. The van der Waals surface area contributed by atoms with E-state index in [9.17, 15) is 0 Å². The van der Waals surface area contributed by atoms with Crippen molar-refractivity contribution < 1.29 is 0 Å². The highest BCUT2D eigenvalue weighted by atomic mass is 35.5. The molecule has 0 fully saturated rings. The van der Waals surface area contributed by atoms with Crippen LogP contribution in [-0.4, -0.2) is 16.1 Å². The van der Waals surface area contributed by atoms with Gasteiger partial charge in [0.15, 0.2) is 0 Å². The van der Waals surface area contributed by atoms with Gasteiger partial charge in [0.05, 0.1) is 6.04 Å². The number of thiazole rings is 1. The van der Waals surface area contributed by atoms with E-state index in [0.29, 0.717) is 6.04 Å². The summed E-state index contributed by atoms with van der Waals surface area (Å²) in [4.78, 5) is 5.68. The number of rotatable bonds is 5. The van der Waals surface area contributed by atoms with Gasteiger partial charge in [-0.15, -0.1) is 11.3 Å². The van der Waals surface area contributed by atoms with Crippen molar-refractivity contribution in [2.24, 2.45) is 0 Å². The maximum Gasteiger partial charge on any atom is 0.109 e. The number of fused-ring (bicyclic) bond motifs is 1. The van der Waals surface area contributed by atoms with E-state index in [4.69, 9.17) is 11.6 Å². The van der Waals surface area contributed by atoms with Crippen LogP contribution in [0.15, 0.2) is 36.7 Å². The van der Waals surface area contributed by atoms with Gasteiger partial charge in [-0.1, -0.05) is 11.6 Å². The molecule has 1 atom stereocenters. The molecule has 3 nitrogen and oxygen atoms in total. The van der Waals surface area contributed by atoms with Gasteiger partial charge in [-0.2, -0.15) is 0 Å². The number of aromatic nitrogens is 2. The van der Waals surface area contributed by atoms with E-state index in [1.54, 1.807) is 11.3 Å². The monoisotopic (exact) mass is 319 g/mol. The lowest BCUT2D eigenvalue weighted by molar-refractivity contribution is 0.535. The van der Waals surface area contributed by atoms with Crippen molar-refractivity contribution >= 4 is 33.8 Å². The Morgan fingerprint density at radius 1 is 1.38 bits per heavy atom. The Bertz CT molecular complexity index is 747. The van der Waals surface area contributed by atoms with Crippen LogP contribution in [0.25, 0.3) is 10.9 Å². The first-order chi connectivity index (χ1) is 10.1. The lowest BCUT2D eigenvalue weighted by atomic mass is 10.2. The van der Waals surface area contributed by atoms with Gasteiger partial charge in [0, 0.05) is 46.3 Å². The fraction of sp³-hybridized carbons (Fsp3) is 0.312. The number of hydrogen-bond acceptors (Lipinski definition) is 3. The molecule has 1 N–H and O–H groups in total. The number of halogens is 1. The van der Waals surface area contributed by atoms with Gasteiger partial charge in [0.25, 0.3) is 0 Å². The number of hydrogen-bond donors (Lipinski definition) is 1. The highest BCUT2D eigenvalue weighted by Gasteiger charge is 2.08. The van der Waals surface area contributed by atoms with Crippen LogP contribution in [0.5, 0.6) is 0 Å². The predicted molar refractivity (Wildman–Crippen MR) is 90.2 cm³/mol. The molecule has 21 heavy (non-hydrogen) atoms. The molecular weight excluding hydrogens is 302 g/mol. The van der Waals surface area contributed by atoms with Crippen LogP contribution < -0.4 is 5.32 Å². The summed E-state index contributed by atoms with van der Waals surface area (Å²) in [7, 11) is 0. The average Bonchev–Trinajstić information content (AvgIpc) is 3.05. The molecular formula is C16H18ClN3S. The summed E-state index contributed by atoms with van der Waals surface area (Å²) >= 11 is 7.77. The summed E-state index contributed by atoms with van der Waals surface area (Å²) in [5.41, 5.74) is 1.22. The van der Waals surface area contributed by atoms with Gasteiger partial charge in [0.2, 0.25) is 0 Å². The van der Waals surface area contributed by atoms with Crippen molar-refractivity contribution in [2.45, 2.75) is 26.4 Å². The minimum Gasteiger partial charge on any atom is -0.346 e. The molecule has 5 heteroatoms. The Morgan fingerprint density at radius 3 is 3.00 bits per heavy atom. The number of nitrogens with one attached hydrogen (secondary N) is 1. The molecule has 0 amide bonds. The van der Waals surface area contributed by atoms with E-state index in [1.807, 2.05) is 18.3 Å². The van der Waals surface area contributed by atoms with Gasteiger partial charge in [-0.3, -0.25) is 0 Å². The average molecular weight is 320 g/mol. The van der Waals surface area contributed by atoms with Crippen LogP contribution in [0.1, 0.15) is 22.9 Å². The molecule has 0 aliphatic heterocycles. The quantitative estimate of drug-likeness (QED) is 0.755. The fourth-order valence-corrected chi connectivity index (χ4v) is 3.41. The third kappa shape index (κ3) is 3.28. The van der Waals surface area contributed by atoms with E-state index < -0.39 is 0 Å². The maximum absolute atomic E-state index is 6.02. The van der Waals surface area contributed by atoms with Crippen LogP contribution in [0.4, 0.5) is 0 Å². The van der Waals surface area contributed by atoms with Crippen molar-refractivity contribution in [3.8, 4) is 0 Å². The van der Waals surface area contributed by atoms with Gasteiger partial charge < -0.3 is 9.88 Å². The Balaban J connectivity index is 1.62. The second-order valence-electron chi connectivity index (χ2n) is 5.20. The van der Waals surface area contributed by atoms with Crippen LogP contribution in [0.3, 0.4) is 0 Å². The standard InChI is InChI=1S/C16H18ClN3S/c1-11-10-19-16(21-11)12(2)18-6-8-20-7-5-13-9-14(17)3-4-15(13)20/h3-5,7,9-10,12,18H,6,8H2,1-2H3. The normalized spacial score (nSPS) is 12.9. The smallest absolute Gasteiger partial charge is 0.109 e. The van der Waals surface area contributed by atoms with Gasteiger partial charge in [-0.25, -0.2) is 4.98 Å². The van der Waals surface area contributed by atoms with Gasteiger partial charge >= 0.3 is 0 Å². The zero-order chi connectivity index (χ0) is 14.8. The summed E-state index contributed by atoms with van der Waals surface area (Å²) in [5, 5.41) is 6.65. The van der Waals surface area contributed by atoms with Crippen molar-refractivity contribution in [2.75, 3.05) is 6.54 Å².